The normalized spacial score (nSPS) is 10.8. The fraction of sp³-hybridized carbons (Fsp3) is 0.438. The predicted molar refractivity (Wildman–Crippen MR) is 83.3 cm³/mol. The number of carbonyl (C=O) groups excluding carboxylic acids is 1. The molecule has 0 unspecified atom stereocenters. The highest BCUT2D eigenvalue weighted by molar-refractivity contribution is 5.96. The first-order valence-corrected chi connectivity index (χ1v) is 7.41. The highest BCUT2D eigenvalue weighted by atomic mass is 16.5. The highest BCUT2D eigenvalue weighted by Crippen LogP contribution is 2.24. The van der Waals surface area contributed by atoms with Crippen LogP contribution in [0.1, 0.15) is 42.3 Å². The number of methoxy groups -OCH3 is 1. The number of rotatable bonds is 8. The van der Waals surface area contributed by atoms with Crippen molar-refractivity contribution < 1.29 is 18.8 Å². The zero-order valence-corrected chi connectivity index (χ0v) is 13.5. The zero-order chi connectivity index (χ0) is 16.8. The zero-order valence-electron chi connectivity index (χ0n) is 13.5. The first-order valence-electron chi connectivity index (χ1n) is 7.41. The molecule has 0 atom stereocenters. The van der Waals surface area contributed by atoms with Crippen LogP contribution >= 0.6 is 0 Å². The number of primary amides is 1. The van der Waals surface area contributed by atoms with Crippen molar-refractivity contribution >= 4 is 5.91 Å². The Balaban J connectivity index is 2.02. The van der Waals surface area contributed by atoms with Crippen LogP contribution in [0.4, 0.5) is 0 Å². The molecule has 0 aliphatic heterocycles. The molecular formula is C16H21N3O4. The fourth-order valence-corrected chi connectivity index (χ4v) is 1.96. The molecule has 1 aromatic heterocycles. The SMILES string of the molecule is COc1ccc(OCc2nc(CCC(C)C)no2)c(C(N)=O)c1. The Hall–Kier alpha value is -2.57. The summed E-state index contributed by atoms with van der Waals surface area (Å²) in [5.74, 6) is 1.87. The lowest BCUT2D eigenvalue weighted by Gasteiger charge is -2.09. The van der Waals surface area contributed by atoms with E-state index < -0.39 is 5.91 Å². The Morgan fingerprint density at radius 2 is 2.17 bits per heavy atom. The third-order valence-electron chi connectivity index (χ3n) is 3.26. The van der Waals surface area contributed by atoms with Gasteiger partial charge >= 0.3 is 0 Å². The average Bonchev–Trinajstić information content (AvgIpc) is 2.98. The number of benzene rings is 1. The van der Waals surface area contributed by atoms with Crippen molar-refractivity contribution in [3.05, 3.63) is 35.5 Å². The molecule has 0 aliphatic rings. The molecule has 124 valence electrons. The number of ether oxygens (including phenoxy) is 2. The third kappa shape index (κ3) is 4.70. The summed E-state index contributed by atoms with van der Waals surface area (Å²) in [6, 6.07) is 4.83. The van der Waals surface area contributed by atoms with Gasteiger partial charge in [0.15, 0.2) is 12.4 Å². The third-order valence-corrected chi connectivity index (χ3v) is 3.26. The maximum Gasteiger partial charge on any atom is 0.264 e. The molecule has 0 saturated carbocycles. The van der Waals surface area contributed by atoms with Gasteiger partial charge in [0.05, 0.1) is 12.7 Å². The summed E-state index contributed by atoms with van der Waals surface area (Å²) in [5.41, 5.74) is 5.59. The Labute approximate surface area is 134 Å². The molecule has 1 heterocycles. The smallest absolute Gasteiger partial charge is 0.264 e. The standard InChI is InChI=1S/C16H21N3O4/c1-10(2)4-7-14-18-15(23-19-14)9-22-13-6-5-11(21-3)8-12(13)16(17)20/h5-6,8,10H,4,7,9H2,1-3H3,(H2,17,20). The molecule has 7 heteroatoms. The van der Waals surface area contributed by atoms with Crippen LogP contribution < -0.4 is 15.2 Å². The average molecular weight is 319 g/mol. The molecule has 0 aliphatic carbocycles. The summed E-state index contributed by atoms with van der Waals surface area (Å²) in [6.45, 7) is 4.35. The molecule has 0 fully saturated rings. The Bertz CT molecular complexity index is 667. The van der Waals surface area contributed by atoms with E-state index in [1.165, 1.54) is 13.2 Å². The van der Waals surface area contributed by atoms with E-state index in [9.17, 15) is 4.79 Å². The van der Waals surface area contributed by atoms with Gasteiger partial charge in [-0.2, -0.15) is 4.98 Å². The largest absolute Gasteiger partial charge is 0.497 e. The molecule has 2 rings (SSSR count). The quantitative estimate of drug-likeness (QED) is 0.801. The summed E-state index contributed by atoms with van der Waals surface area (Å²) in [4.78, 5) is 15.8. The summed E-state index contributed by atoms with van der Waals surface area (Å²) >= 11 is 0. The summed E-state index contributed by atoms with van der Waals surface area (Å²) < 4.78 is 15.8. The van der Waals surface area contributed by atoms with Crippen LogP contribution in [0, 0.1) is 5.92 Å². The second-order valence-corrected chi connectivity index (χ2v) is 5.55. The topological polar surface area (TPSA) is 100 Å². The molecule has 0 saturated heterocycles. The van der Waals surface area contributed by atoms with E-state index >= 15 is 0 Å². The minimum Gasteiger partial charge on any atom is -0.497 e. The first kappa shape index (κ1) is 16.8. The van der Waals surface area contributed by atoms with Gasteiger partial charge in [0.2, 0.25) is 0 Å². The minimum atomic E-state index is -0.595. The number of amides is 1. The molecular weight excluding hydrogens is 298 g/mol. The number of aromatic nitrogens is 2. The van der Waals surface area contributed by atoms with Crippen molar-refractivity contribution in [1.29, 1.82) is 0 Å². The molecule has 7 nitrogen and oxygen atoms in total. The van der Waals surface area contributed by atoms with E-state index in [1.807, 2.05) is 0 Å². The van der Waals surface area contributed by atoms with Crippen molar-refractivity contribution in [3.8, 4) is 11.5 Å². The van der Waals surface area contributed by atoms with Crippen molar-refractivity contribution in [2.45, 2.75) is 33.3 Å². The molecule has 1 amide bonds. The van der Waals surface area contributed by atoms with Crippen LogP contribution in [0.2, 0.25) is 0 Å². The van der Waals surface area contributed by atoms with E-state index in [2.05, 4.69) is 24.0 Å². The van der Waals surface area contributed by atoms with Gasteiger partial charge in [-0.3, -0.25) is 4.79 Å². The van der Waals surface area contributed by atoms with Gasteiger partial charge in [0.25, 0.3) is 11.8 Å². The van der Waals surface area contributed by atoms with E-state index in [-0.39, 0.29) is 12.2 Å². The van der Waals surface area contributed by atoms with Crippen molar-refractivity contribution in [2.75, 3.05) is 7.11 Å². The molecule has 0 bridgehead atoms. The molecule has 2 N–H and O–H groups in total. The molecule has 0 radical (unpaired) electrons. The number of aryl methyl sites for hydroxylation is 1. The van der Waals surface area contributed by atoms with Gasteiger partial charge in [0.1, 0.15) is 11.5 Å². The van der Waals surface area contributed by atoms with Gasteiger partial charge in [-0.25, -0.2) is 0 Å². The maximum absolute atomic E-state index is 11.5. The molecule has 2 aromatic rings. The van der Waals surface area contributed by atoms with Crippen LogP contribution in [-0.2, 0) is 13.0 Å². The molecule has 1 aromatic carbocycles. The lowest BCUT2D eigenvalue weighted by molar-refractivity contribution is 0.0994. The maximum atomic E-state index is 11.5. The summed E-state index contributed by atoms with van der Waals surface area (Å²) in [5, 5.41) is 3.91. The monoisotopic (exact) mass is 319 g/mol. The Morgan fingerprint density at radius 3 is 2.83 bits per heavy atom. The lowest BCUT2D eigenvalue weighted by atomic mass is 10.1. The number of hydrogen-bond donors (Lipinski definition) is 1. The van der Waals surface area contributed by atoms with Crippen LogP contribution in [0.25, 0.3) is 0 Å². The molecule has 0 spiro atoms. The number of carbonyl (C=O) groups is 1. The number of hydrogen-bond acceptors (Lipinski definition) is 6. The second kappa shape index (κ2) is 7.62. The van der Waals surface area contributed by atoms with Crippen LogP contribution in [0.3, 0.4) is 0 Å². The Kier molecular flexibility index (Phi) is 5.56. The minimum absolute atomic E-state index is 0.0707. The predicted octanol–water partition coefficient (Wildman–Crippen LogP) is 2.34. The summed E-state index contributed by atoms with van der Waals surface area (Å²) in [7, 11) is 1.51. The van der Waals surface area contributed by atoms with Crippen LogP contribution in [-0.4, -0.2) is 23.2 Å². The second-order valence-electron chi connectivity index (χ2n) is 5.55. The first-order chi connectivity index (χ1) is 11.0. The van der Waals surface area contributed by atoms with Crippen molar-refractivity contribution in [1.82, 2.24) is 10.1 Å². The Morgan fingerprint density at radius 1 is 1.39 bits per heavy atom. The van der Waals surface area contributed by atoms with E-state index in [0.717, 1.165) is 12.8 Å². The van der Waals surface area contributed by atoms with Gasteiger partial charge < -0.3 is 19.7 Å². The number of nitrogens with two attached hydrogens (primary N) is 1. The summed E-state index contributed by atoms with van der Waals surface area (Å²) in [6.07, 6.45) is 1.75. The highest BCUT2D eigenvalue weighted by Gasteiger charge is 2.13. The lowest BCUT2D eigenvalue weighted by Crippen LogP contribution is -2.13. The van der Waals surface area contributed by atoms with Gasteiger partial charge in [0, 0.05) is 6.42 Å². The van der Waals surface area contributed by atoms with Crippen LogP contribution in [0.5, 0.6) is 11.5 Å². The van der Waals surface area contributed by atoms with E-state index in [1.54, 1.807) is 12.1 Å². The van der Waals surface area contributed by atoms with Crippen molar-refractivity contribution in [3.63, 3.8) is 0 Å². The van der Waals surface area contributed by atoms with E-state index in [4.69, 9.17) is 19.7 Å². The van der Waals surface area contributed by atoms with E-state index in [0.29, 0.717) is 29.1 Å². The number of nitrogens with zero attached hydrogens (tertiary/aromatic N) is 2. The fourth-order valence-electron chi connectivity index (χ4n) is 1.96. The van der Waals surface area contributed by atoms with Crippen molar-refractivity contribution in [2.24, 2.45) is 11.7 Å². The van der Waals surface area contributed by atoms with Crippen LogP contribution in [0.15, 0.2) is 22.7 Å². The molecule has 23 heavy (non-hydrogen) atoms. The van der Waals surface area contributed by atoms with Gasteiger partial charge in [-0.15, -0.1) is 0 Å². The van der Waals surface area contributed by atoms with Gasteiger partial charge in [-0.1, -0.05) is 19.0 Å². The van der Waals surface area contributed by atoms with Gasteiger partial charge in [-0.05, 0) is 30.5 Å².